The van der Waals surface area contributed by atoms with Crippen LogP contribution in [-0.2, 0) is 14.4 Å². The number of ether oxygens (including phenoxy) is 2. The Bertz CT molecular complexity index is 1470. The Morgan fingerprint density at radius 2 is 1.76 bits per heavy atom. The van der Waals surface area contributed by atoms with Crippen LogP contribution in [0.25, 0.3) is 6.08 Å². The zero-order valence-corrected chi connectivity index (χ0v) is 21.7. The van der Waals surface area contributed by atoms with Gasteiger partial charge in [-0.25, -0.2) is 9.69 Å². The monoisotopic (exact) mass is 553 g/mol. The minimum Gasteiger partial charge on any atom is -0.497 e. The molecule has 5 amide bonds. The van der Waals surface area contributed by atoms with Crippen molar-refractivity contribution in [3.8, 4) is 11.5 Å². The van der Waals surface area contributed by atoms with Gasteiger partial charge < -0.3 is 14.8 Å². The molecule has 9 nitrogen and oxygen atoms in total. The van der Waals surface area contributed by atoms with E-state index in [2.05, 4.69) is 10.6 Å². The van der Waals surface area contributed by atoms with Gasteiger partial charge in [0.2, 0.25) is 0 Å². The number of amides is 5. The van der Waals surface area contributed by atoms with Gasteiger partial charge in [0.15, 0.2) is 6.61 Å². The summed E-state index contributed by atoms with van der Waals surface area (Å²) in [7, 11) is 1.54. The molecule has 4 rings (SSSR count). The molecule has 0 aromatic heterocycles. The van der Waals surface area contributed by atoms with Gasteiger partial charge in [-0.05, 0) is 73.2 Å². The predicted molar refractivity (Wildman–Crippen MR) is 144 cm³/mol. The van der Waals surface area contributed by atoms with E-state index in [1.54, 1.807) is 50.4 Å². The van der Waals surface area contributed by atoms with Crippen LogP contribution in [0.4, 0.5) is 16.2 Å². The smallest absolute Gasteiger partial charge is 0.335 e. The second-order valence-electron chi connectivity index (χ2n) is 8.14. The molecular weight excluding hydrogens is 533 g/mol. The van der Waals surface area contributed by atoms with Gasteiger partial charge in [-0.2, -0.15) is 0 Å². The topological polar surface area (TPSA) is 114 Å². The standard InChI is InChI=1S/C27H21Cl2N3O6/c1-15-3-7-19(13-22(15)29)32-26(35)21(25(34)31-27(32)36)12-16-11-17(28)4-10-23(16)38-14-24(33)30-18-5-8-20(37-2)9-6-18/h3-13H,14H2,1-2H3,(H,30,33)(H,31,34,36)/b21-12+. The highest BCUT2D eigenvalue weighted by atomic mass is 35.5. The van der Waals surface area contributed by atoms with Gasteiger partial charge in [0.1, 0.15) is 17.1 Å². The van der Waals surface area contributed by atoms with E-state index in [-0.39, 0.29) is 29.2 Å². The first kappa shape index (κ1) is 26.7. The summed E-state index contributed by atoms with van der Waals surface area (Å²) < 4.78 is 10.8. The highest BCUT2D eigenvalue weighted by molar-refractivity contribution is 6.39. The summed E-state index contributed by atoms with van der Waals surface area (Å²) in [6.45, 7) is 1.41. The average molecular weight is 554 g/mol. The molecule has 0 aliphatic carbocycles. The first-order valence-electron chi connectivity index (χ1n) is 11.2. The van der Waals surface area contributed by atoms with Crippen LogP contribution in [0.1, 0.15) is 11.1 Å². The fourth-order valence-corrected chi connectivity index (χ4v) is 3.90. The summed E-state index contributed by atoms with van der Waals surface area (Å²) in [6.07, 6.45) is 1.25. The largest absolute Gasteiger partial charge is 0.497 e. The Kier molecular flexibility index (Phi) is 7.99. The average Bonchev–Trinajstić information content (AvgIpc) is 2.88. The first-order chi connectivity index (χ1) is 18.2. The summed E-state index contributed by atoms with van der Waals surface area (Å²) in [5.41, 5.74) is 1.41. The first-order valence-corrected chi connectivity index (χ1v) is 12.0. The second-order valence-corrected chi connectivity index (χ2v) is 8.98. The third-order valence-electron chi connectivity index (χ3n) is 5.52. The number of rotatable bonds is 7. The molecular formula is C27H21Cl2N3O6. The molecule has 2 N–H and O–H groups in total. The normalized spacial score (nSPS) is 14.4. The lowest BCUT2D eigenvalue weighted by Gasteiger charge is -2.26. The number of nitrogens with one attached hydrogen (secondary N) is 2. The van der Waals surface area contributed by atoms with Gasteiger partial charge >= 0.3 is 6.03 Å². The number of barbiturate groups is 1. The van der Waals surface area contributed by atoms with Crippen LogP contribution in [0.5, 0.6) is 11.5 Å². The van der Waals surface area contributed by atoms with Crippen LogP contribution in [0.2, 0.25) is 10.0 Å². The number of nitrogens with zero attached hydrogens (tertiary/aromatic N) is 1. The lowest BCUT2D eigenvalue weighted by Crippen LogP contribution is -2.54. The van der Waals surface area contributed by atoms with E-state index in [9.17, 15) is 19.2 Å². The van der Waals surface area contributed by atoms with Crippen molar-refractivity contribution in [2.45, 2.75) is 6.92 Å². The zero-order valence-electron chi connectivity index (χ0n) is 20.2. The molecule has 0 unspecified atom stereocenters. The van der Waals surface area contributed by atoms with Crippen LogP contribution in [-0.4, -0.2) is 37.5 Å². The van der Waals surface area contributed by atoms with Crippen molar-refractivity contribution in [2.24, 2.45) is 0 Å². The number of carbonyl (C=O) groups is 4. The lowest BCUT2D eigenvalue weighted by molar-refractivity contribution is -0.122. The lowest BCUT2D eigenvalue weighted by atomic mass is 10.1. The Hall–Kier alpha value is -4.34. The van der Waals surface area contributed by atoms with E-state index in [0.717, 1.165) is 10.5 Å². The third-order valence-corrected chi connectivity index (χ3v) is 6.16. The molecule has 3 aromatic rings. The third kappa shape index (κ3) is 5.96. The van der Waals surface area contributed by atoms with Crippen LogP contribution in [0.3, 0.4) is 0 Å². The number of halogens is 2. The van der Waals surface area contributed by atoms with Crippen LogP contribution in [0, 0.1) is 6.92 Å². The number of anilines is 2. The van der Waals surface area contributed by atoms with Gasteiger partial charge in [0.25, 0.3) is 17.7 Å². The summed E-state index contributed by atoms with van der Waals surface area (Å²) in [6, 6.07) is 15.0. The summed E-state index contributed by atoms with van der Waals surface area (Å²) in [5.74, 6) is -1.36. The van der Waals surface area contributed by atoms with Crippen molar-refractivity contribution in [1.29, 1.82) is 0 Å². The maximum absolute atomic E-state index is 13.2. The predicted octanol–water partition coefficient (Wildman–Crippen LogP) is 4.99. The van der Waals surface area contributed by atoms with E-state index >= 15 is 0 Å². The van der Waals surface area contributed by atoms with Crippen LogP contribution >= 0.6 is 23.2 Å². The molecule has 0 saturated carbocycles. The molecule has 0 radical (unpaired) electrons. The Balaban J connectivity index is 1.56. The number of carbonyl (C=O) groups excluding carboxylic acids is 4. The minimum absolute atomic E-state index is 0.189. The van der Waals surface area contributed by atoms with E-state index < -0.39 is 23.8 Å². The molecule has 1 aliphatic heterocycles. The van der Waals surface area contributed by atoms with Gasteiger partial charge in [0.05, 0.1) is 12.8 Å². The van der Waals surface area contributed by atoms with Crippen LogP contribution < -0.4 is 25.0 Å². The summed E-state index contributed by atoms with van der Waals surface area (Å²) in [5, 5.41) is 5.50. The van der Waals surface area contributed by atoms with E-state index in [1.165, 1.54) is 30.3 Å². The number of hydrogen-bond acceptors (Lipinski definition) is 6. The van der Waals surface area contributed by atoms with Crippen molar-refractivity contribution < 1.29 is 28.7 Å². The summed E-state index contributed by atoms with van der Waals surface area (Å²) in [4.78, 5) is 51.6. The van der Waals surface area contributed by atoms with E-state index in [0.29, 0.717) is 21.5 Å². The number of imide groups is 2. The molecule has 38 heavy (non-hydrogen) atoms. The highest BCUT2D eigenvalue weighted by Gasteiger charge is 2.37. The van der Waals surface area contributed by atoms with Gasteiger partial charge in [0, 0.05) is 21.3 Å². The zero-order chi connectivity index (χ0) is 27.4. The number of benzene rings is 3. The Morgan fingerprint density at radius 3 is 2.45 bits per heavy atom. The maximum atomic E-state index is 13.2. The molecule has 11 heteroatoms. The van der Waals surface area contributed by atoms with Crippen molar-refractivity contribution in [3.05, 3.63) is 87.4 Å². The van der Waals surface area contributed by atoms with E-state index in [1.807, 2.05) is 0 Å². The Morgan fingerprint density at radius 1 is 1.03 bits per heavy atom. The molecule has 194 valence electrons. The highest BCUT2D eigenvalue weighted by Crippen LogP contribution is 2.29. The molecule has 1 heterocycles. The molecule has 0 atom stereocenters. The number of urea groups is 1. The Labute approximate surface area is 227 Å². The number of aryl methyl sites for hydroxylation is 1. The molecule has 1 aliphatic rings. The van der Waals surface area contributed by atoms with Gasteiger partial charge in [-0.1, -0.05) is 29.3 Å². The van der Waals surface area contributed by atoms with Crippen molar-refractivity contribution in [2.75, 3.05) is 23.9 Å². The molecule has 1 fully saturated rings. The van der Waals surface area contributed by atoms with Crippen molar-refractivity contribution >= 4 is 64.4 Å². The molecule has 0 spiro atoms. The van der Waals surface area contributed by atoms with Crippen LogP contribution in [0.15, 0.2) is 66.2 Å². The molecule has 3 aromatic carbocycles. The fourth-order valence-electron chi connectivity index (χ4n) is 3.55. The minimum atomic E-state index is -0.908. The number of hydrogen-bond donors (Lipinski definition) is 2. The van der Waals surface area contributed by atoms with Gasteiger partial charge in [-0.3, -0.25) is 19.7 Å². The second kappa shape index (κ2) is 11.4. The summed E-state index contributed by atoms with van der Waals surface area (Å²) >= 11 is 12.3. The van der Waals surface area contributed by atoms with Crippen molar-refractivity contribution in [1.82, 2.24) is 5.32 Å². The molecule has 1 saturated heterocycles. The number of methoxy groups -OCH3 is 1. The quantitative estimate of drug-likeness (QED) is 0.314. The van der Waals surface area contributed by atoms with E-state index in [4.69, 9.17) is 32.7 Å². The van der Waals surface area contributed by atoms with Crippen molar-refractivity contribution in [3.63, 3.8) is 0 Å². The molecule has 0 bridgehead atoms. The van der Waals surface area contributed by atoms with Gasteiger partial charge in [-0.15, -0.1) is 0 Å². The SMILES string of the molecule is COc1ccc(NC(=O)COc2ccc(Cl)cc2/C=C2\C(=O)NC(=O)N(c3ccc(C)c(Cl)c3)C2=O)cc1. The fraction of sp³-hybridized carbons (Fsp3) is 0.111. The maximum Gasteiger partial charge on any atom is 0.335 e.